The number of anilines is 1. The second-order valence-electron chi connectivity index (χ2n) is 3.75. The van der Waals surface area contributed by atoms with Gasteiger partial charge in [0, 0.05) is 13.1 Å². The Morgan fingerprint density at radius 3 is 2.81 bits per heavy atom. The largest absolute Gasteiger partial charge is 0.371 e. The number of thioether (sulfide) groups is 1. The van der Waals surface area contributed by atoms with Gasteiger partial charge in [-0.15, -0.1) is 0 Å². The van der Waals surface area contributed by atoms with Gasteiger partial charge in [0.2, 0.25) is 0 Å². The summed E-state index contributed by atoms with van der Waals surface area (Å²) in [6.07, 6.45) is 5.03. The first kappa shape index (κ1) is 12.9. The molecule has 0 aromatic carbocycles. The minimum absolute atomic E-state index is 0.467. The topological polar surface area (TPSA) is 39.9 Å². The fraction of sp³-hybridized carbons (Fsp3) is 0.500. The molecule has 0 aliphatic carbocycles. The van der Waals surface area contributed by atoms with Crippen molar-refractivity contribution in [2.75, 3.05) is 24.0 Å². The summed E-state index contributed by atoms with van der Waals surface area (Å²) >= 11 is 1.86. The molecule has 0 N–H and O–H groups in total. The molecule has 86 valence electrons. The summed E-state index contributed by atoms with van der Waals surface area (Å²) in [5.74, 6) is 1.16. The number of aromatic nitrogens is 1. The van der Waals surface area contributed by atoms with Gasteiger partial charge < -0.3 is 4.90 Å². The SMILES string of the molecule is CSCCC(C)N(C)c1ccc(C#N)nc1. The molecule has 1 atom stereocenters. The Bertz CT molecular complexity index is 356. The molecule has 0 spiro atoms. The molecule has 0 saturated carbocycles. The number of hydrogen-bond acceptors (Lipinski definition) is 4. The van der Waals surface area contributed by atoms with Crippen molar-refractivity contribution in [1.29, 1.82) is 5.26 Å². The molecule has 1 rings (SSSR count). The van der Waals surface area contributed by atoms with Crippen LogP contribution >= 0.6 is 11.8 Å². The summed E-state index contributed by atoms with van der Waals surface area (Å²) in [5.41, 5.74) is 1.53. The lowest BCUT2D eigenvalue weighted by molar-refractivity contribution is 0.668. The van der Waals surface area contributed by atoms with Gasteiger partial charge in [-0.1, -0.05) is 0 Å². The first-order valence-electron chi connectivity index (χ1n) is 5.27. The third kappa shape index (κ3) is 3.42. The predicted molar refractivity (Wildman–Crippen MR) is 69.8 cm³/mol. The van der Waals surface area contributed by atoms with Crippen molar-refractivity contribution < 1.29 is 0 Å². The monoisotopic (exact) mass is 235 g/mol. The van der Waals surface area contributed by atoms with Crippen molar-refractivity contribution >= 4 is 17.4 Å². The zero-order valence-electron chi connectivity index (χ0n) is 9.97. The highest BCUT2D eigenvalue weighted by Crippen LogP contribution is 2.16. The molecule has 0 radical (unpaired) electrons. The standard InChI is InChI=1S/C12H17N3S/c1-10(6-7-16-3)15(2)12-5-4-11(8-13)14-9-12/h4-5,9-10H,6-7H2,1-3H3. The molecule has 0 bridgehead atoms. The average Bonchev–Trinajstić information content (AvgIpc) is 2.35. The number of pyridine rings is 1. The van der Waals surface area contributed by atoms with Crippen LogP contribution in [0.3, 0.4) is 0 Å². The normalized spacial score (nSPS) is 11.9. The van der Waals surface area contributed by atoms with Gasteiger partial charge in [-0.25, -0.2) is 4.98 Å². The molecule has 16 heavy (non-hydrogen) atoms. The summed E-state index contributed by atoms with van der Waals surface area (Å²) in [7, 11) is 2.06. The van der Waals surface area contributed by atoms with E-state index in [2.05, 4.69) is 30.1 Å². The maximum Gasteiger partial charge on any atom is 0.140 e. The van der Waals surface area contributed by atoms with Crippen LogP contribution in [0.4, 0.5) is 5.69 Å². The first-order chi connectivity index (χ1) is 7.69. The number of nitriles is 1. The fourth-order valence-electron chi connectivity index (χ4n) is 1.40. The number of rotatable bonds is 5. The van der Waals surface area contributed by atoms with Crippen molar-refractivity contribution in [3.05, 3.63) is 24.0 Å². The van der Waals surface area contributed by atoms with E-state index in [0.29, 0.717) is 11.7 Å². The summed E-state index contributed by atoms with van der Waals surface area (Å²) in [6, 6.07) is 6.21. The van der Waals surface area contributed by atoms with Gasteiger partial charge in [0.15, 0.2) is 0 Å². The lowest BCUT2D eigenvalue weighted by Gasteiger charge is -2.26. The van der Waals surface area contributed by atoms with Crippen LogP contribution in [0.15, 0.2) is 18.3 Å². The highest BCUT2D eigenvalue weighted by Gasteiger charge is 2.09. The molecule has 1 unspecified atom stereocenters. The highest BCUT2D eigenvalue weighted by molar-refractivity contribution is 7.98. The Balaban J connectivity index is 2.65. The Morgan fingerprint density at radius 1 is 1.56 bits per heavy atom. The Labute approximate surface area is 101 Å². The maximum atomic E-state index is 8.66. The molecule has 0 saturated heterocycles. The first-order valence-corrected chi connectivity index (χ1v) is 6.66. The highest BCUT2D eigenvalue weighted by atomic mass is 32.2. The van der Waals surface area contributed by atoms with E-state index in [1.165, 1.54) is 0 Å². The number of hydrogen-bond donors (Lipinski definition) is 0. The quantitative estimate of drug-likeness (QED) is 0.786. The Morgan fingerprint density at radius 2 is 2.31 bits per heavy atom. The lowest BCUT2D eigenvalue weighted by atomic mass is 10.2. The molecule has 0 fully saturated rings. The van der Waals surface area contributed by atoms with Crippen LogP contribution in [0.2, 0.25) is 0 Å². The summed E-state index contributed by atoms with van der Waals surface area (Å²) in [5, 5.41) is 8.66. The van der Waals surface area contributed by atoms with Gasteiger partial charge in [0.1, 0.15) is 11.8 Å². The third-order valence-corrected chi connectivity index (χ3v) is 3.31. The molecular weight excluding hydrogens is 218 g/mol. The zero-order chi connectivity index (χ0) is 12.0. The van der Waals surface area contributed by atoms with Crippen LogP contribution in [0.1, 0.15) is 19.0 Å². The van der Waals surface area contributed by atoms with Gasteiger partial charge in [0.25, 0.3) is 0 Å². The minimum atomic E-state index is 0.467. The van der Waals surface area contributed by atoms with Crippen LogP contribution < -0.4 is 4.90 Å². The van der Waals surface area contributed by atoms with E-state index in [1.54, 1.807) is 12.3 Å². The van der Waals surface area contributed by atoms with Crippen molar-refractivity contribution in [2.24, 2.45) is 0 Å². The smallest absolute Gasteiger partial charge is 0.140 e. The van der Waals surface area contributed by atoms with Gasteiger partial charge in [-0.2, -0.15) is 17.0 Å². The molecule has 4 heteroatoms. The van der Waals surface area contributed by atoms with Gasteiger partial charge in [-0.3, -0.25) is 0 Å². The Kier molecular flexibility index (Phi) is 5.13. The average molecular weight is 235 g/mol. The molecule has 1 aromatic heterocycles. The van der Waals surface area contributed by atoms with Crippen LogP contribution in [-0.2, 0) is 0 Å². The van der Waals surface area contributed by atoms with Crippen LogP contribution in [0.5, 0.6) is 0 Å². The van der Waals surface area contributed by atoms with E-state index >= 15 is 0 Å². The maximum absolute atomic E-state index is 8.66. The van der Waals surface area contributed by atoms with Gasteiger partial charge in [-0.05, 0) is 37.5 Å². The van der Waals surface area contributed by atoms with E-state index in [0.717, 1.165) is 17.9 Å². The molecule has 0 amide bonds. The number of nitrogens with zero attached hydrogens (tertiary/aromatic N) is 3. The minimum Gasteiger partial charge on any atom is -0.371 e. The van der Waals surface area contributed by atoms with Crippen molar-refractivity contribution in [3.8, 4) is 6.07 Å². The Hall–Kier alpha value is -1.21. The van der Waals surface area contributed by atoms with Gasteiger partial charge in [0.05, 0.1) is 11.9 Å². The van der Waals surface area contributed by atoms with E-state index in [4.69, 9.17) is 5.26 Å². The van der Waals surface area contributed by atoms with Crippen molar-refractivity contribution in [2.45, 2.75) is 19.4 Å². The molecule has 1 aromatic rings. The van der Waals surface area contributed by atoms with Crippen molar-refractivity contribution in [1.82, 2.24) is 4.98 Å². The van der Waals surface area contributed by atoms with E-state index in [1.807, 2.05) is 23.9 Å². The summed E-state index contributed by atoms with van der Waals surface area (Å²) in [6.45, 7) is 2.20. The summed E-state index contributed by atoms with van der Waals surface area (Å²) < 4.78 is 0. The second kappa shape index (κ2) is 6.39. The molecular formula is C12H17N3S. The van der Waals surface area contributed by atoms with Crippen LogP contribution in [-0.4, -0.2) is 30.1 Å². The molecule has 0 aliphatic heterocycles. The molecule has 3 nitrogen and oxygen atoms in total. The lowest BCUT2D eigenvalue weighted by Crippen LogP contribution is -2.29. The zero-order valence-corrected chi connectivity index (χ0v) is 10.8. The molecule has 1 heterocycles. The van der Waals surface area contributed by atoms with Gasteiger partial charge >= 0.3 is 0 Å². The second-order valence-corrected chi connectivity index (χ2v) is 4.74. The third-order valence-electron chi connectivity index (χ3n) is 2.67. The summed E-state index contributed by atoms with van der Waals surface area (Å²) in [4.78, 5) is 6.27. The fourth-order valence-corrected chi connectivity index (χ4v) is 1.97. The van der Waals surface area contributed by atoms with E-state index < -0.39 is 0 Å². The van der Waals surface area contributed by atoms with Crippen molar-refractivity contribution in [3.63, 3.8) is 0 Å². The predicted octanol–water partition coefficient (Wildman–Crippen LogP) is 2.53. The van der Waals surface area contributed by atoms with E-state index in [-0.39, 0.29) is 0 Å². The molecule has 0 aliphatic rings. The van der Waals surface area contributed by atoms with Crippen LogP contribution in [0.25, 0.3) is 0 Å². The van der Waals surface area contributed by atoms with Crippen LogP contribution in [0, 0.1) is 11.3 Å². The van der Waals surface area contributed by atoms with E-state index in [9.17, 15) is 0 Å².